The van der Waals surface area contributed by atoms with E-state index in [0.29, 0.717) is 18.5 Å². The fourth-order valence-electron chi connectivity index (χ4n) is 3.88. The second-order valence-corrected chi connectivity index (χ2v) is 9.81. The maximum Gasteiger partial charge on any atom is 0.326 e. The van der Waals surface area contributed by atoms with Crippen molar-refractivity contribution >= 4 is 20.9 Å². The molecule has 1 aromatic heterocycles. The van der Waals surface area contributed by atoms with Crippen LogP contribution >= 0.6 is 0 Å². The van der Waals surface area contributed by atoms with Crippen LogP contribution in [0, 0.1) is 0 Å². The second-order valence-electron chi connectivity index (χ2n) is 7.77. The van der Waals surface area contributed by atoms with Crippen molar-refractivity contribution in [2.45, 2.75) is 36.2 Å². The van der Waals surface area contributed by atoms with Gasteiger partial charge in [-0.05, 0) is 43.0 Å². The average molecular weight is 444 g/mol. The van der Waals surface area contributed by atoms with Crippen molar-refractivity contribution in [2.75, 3.05) is 13.6 Å². The van der Waals surface area contributed by atoms with Gasteiger partial charge in [-0.3, -0.25) is 20.6 Å². The van der Waals surface area contributed by atoms with E-state index in [1.165, 1.54) is 35.1 Å². The largest absolute Gasteiger partial charge is 0.326 e. The quantitative estimate of drug-likeness (QED) is 0.435. The highest BCUT2D eigenvalue weighted by atomic mass is 32.2. The van der Waals surface area contributed by atoms with Crippen LogP contribution in [0.2, 0.25) is 0 Å². The Bertz CT molecular complexity index is 1290. The Balaban J connectivity index is 1.37. The third-order valence-electron chi connectivity index (χ3n) is 5.63. The second kappa shape index (κ2) is 8.75. The van der Waals surface area contributed by atoms with Gasteiger partial charge in [-0.15, -0.1) is 0 Å². The number of aromatic amines is 2. The zero-order valence-electron chi connectivity index (χ0n) is 17.1. The minimum absolute atomic E-state index is 0.0184. The molecule has 4 rings (SSSR count). The highest BCUT2D eigenvalue weighted by molar-refractivity contribution is 7.89. The summed E-state index contributed by atoms with van der Waals surface area (Å²) in [5, 5.41) is 0.127. The Morgan fingerprint density at radius 3 is 2.58 bits per heavy atom. The van der Waals surface area contributed by atoms with Crippen LogP contribution in [0.4, 0.5) is 0 Å². The van der Waals surface area contributed by atoms with E-state index < -0.39 is 21.3 Å². The molecule has 1 aliphatic rings. The van der Waals surface area contributed by atoms with E-state index in [-0.39, 0.29) is 22.4 Å². The molecule has 10 heteroatoms. The van der Waals surface area contributed by atoms with E-state index in [0.717, 1.165) is 12.8 Å². The minimum atomic E-state index is -3.75. The van der Waals surface area contributed by atoms with Crippen molar-refractivity contribution in [1.29, 1.82) is 0 Å². The zero-order chi connectivity index (χ0) is 22.0. The van der Waals surface area contributed by atoms with Gasteiger partial charge in [0.25, 0.3) is 5.56 Å². The molecule has 0 amide bonds. The summed E-state index contributed by atoms with van der Waals surface area (Å²) in [5.74, 6) is 0. The standard InChI is InChI=1S/C21H25N5O4S/c1-26(11-5-8-15-12-19(25-24-15)14-6-3-2-4-7-14)31(29,30)16-9-10-18-17(13-16)20(27)23-21(28)22-18/h2-4,6-7,9-10,13,15,19,24-25H,5,8,11-12H2,1H3,(H2,22,23,27,28). The number of H-pyrrole nitrogens is 2. The van der Waals surface area contributed by atoms with Crippen LogP contribution in [-0.4, -0.2) is 42.3 Å². The van der Waals surface area contributed by atoms with Crippen LogP contribution in [0.25, 0.3) is 10.9 Å². The highest BCUT2D eigenvalue weighted by Gasteiger charge is 2.26. The van der Waals surface area contributed by atoms with E-state index in [1.54, 1.807) is 0 Å². The number of hydrogen-bond donors (Lipinski definition) is 4. The highest BCUT2D eigenvalue weighted by Crippen LogP contribution is 2.24. The summed E-state index contributed by atoms with van der Waals surface area (Å²) in [6, 6.07) is 14.8. The number of hydrogen-bond acceptors (Lipinski definition) is 6. The van der Waals surface area contributed by atoms with Crippen LogP contribution in [-0.2, 0) is 10.0 Å². The smallest absolute Gasteiger partial charge is 0.307 e. The average Bonchev–Trinajstić information content (AvgIpc) is 3.23. The van der Waals surface area contributed by atoms with Gasteiger partial charge in [0.15, 0.2) is 0 Å². The number of nitrogens with zero attached hydrogens (tertiary/aromatic N) is 1. The summed E-state index contributed by atoms with van der Waals surface area (Å²) < 4.78 is 27.2. The van der Waals surface area contributed by atoms with E-state index in [9.17, 15) is 18.0 Å². The predicted molar refractivity (Wildman–Crippen MR) is 118 cm³/mol. The molecule has 0 saturated carbocycles. The van der Waals surface area contributed by atoms with E-state index >= 15 is 0 Å². The molecule has 1 aliphatic heterocycles. The van der Waals surface area contributed by atoms with Crippen molar-refractivity contribution in [1.82, 2.24) is 25.1 Å². The van der Waals surface area contributed by atoms with Gasteiger partial charge in [-0.2, -0.15) is 0 Å². The normalized spacial score (nSPS) is 19.3. The Labute approximate surface area is 179 Å². The zero-order valence-corrected chi connectivity index (χ0v) is 17.9. The number of sulfonamides is 1. The van der Waals surface area contributed by atoms with Gasteiger partial charge in [-0.25, -0.2) is 17.5 Å². The van der Waals surface area contributed by atoms with Gasteiger partial charge in [0.2, 0.25) is 10.0 Å². The van der Waals surface area contributed by atoms with Crippen LogP contribution in [0.5, 0.6) is 0 Å². The monoisotopic (exact) mass is 443 g/mol. The SMILES string of the molecule is CN(CCCC1CC(c2ccccc2)NN1)S(=O)(=O)c1ccc2[nH]c(=O)[nH]c(=O)c2c1. The Morgan fingerprint density at radius 2 is 1.81 bits per heavy atom. The molecule has 2 aromatic carbocycles. The lowest BCUT2D eigenvalue weighted by Crippen LogP contribution is -2.32. The lowest BCUT2D eigenvalue weighted by atomic mass is 10.00. The topological polar surface area (TPSA) is 127 Å². The first-order valence-electron chi connectivity index (χ1n) is 10.1. The summed E-state index contributed by atoms with van der Waals surface area (Å²) in [6.45, 7) is 0.358. The van der Waals surface area contributed by atoms with Crippen molar-refractivity contribution in [2.24, 2.45) is 0 Å². The molecule has 164 valence electrons. The molecule has 3 aromatic rings. The summed E-state index contributed by atoms with van der Waals surface area (Å²) in [5.41, 5.74) is 6.87. The van der Waals surface area contributed by atoms with Gasteiger partial charge >= 0.3 is 5.69 Å². The fourth-order valence-corrected chi connectivity index (χ4v) is 5.12. The van der Waals surface area contributed by atoms with Crippen molar-refractivity contribution in [3.8, 4) is 0 Å². The van der Waals surface area contributed by atoms with Crippen molar-refractivity contribution < 1.29 is 8.42 Å². The predicted octanol–water partition coefficient (Wildman–Crippen LogP) is 1.22. The molecule has 0 aliphatic carbocycles. The minimum Gasteiger partial charge on any atom is -0.307 e. The first kappa shape index (κ1) is 21.4. The molecule has 2 heterocycles. The Hall–Kier alpha value is -2.79. The molecule has 1 fully saturated rings. The molecule has 31 heavy (non-hydrogen) atoms. The van der Waals surface area contributed by atoms with Gasteiger partial charge in [0, 0.05) is 25.7 Å². The summed E-state index contributed by atoms with van der Waals surface area (Å²) in [4.78, 5) is 28.0. The molecule has 2 unspecified atom stereocenters. The number of hydrazine groups is 1. The Morgan fingerprint density at radius 1 is 1.03 bits per heavy atom. The van der Waals surface area contributed by atoms with E-state index in [1.807, 2.05) is 18.2 Å². The van der Waals surface area contributed by atoms with Crippen molar-refractivity contribution in [3.05, 3.63) is 74.9 Å². The summed E-state index contributed by atoms with van der Waals surface area (Å²) in [7, 11) is -2.22. The first-order chi connectivity index (χ1) is 14.8. The molecular weight excluding hydrogens is 418 g/mol. The number of benzene rings is 2. The molecule has 0 bridgehead atoms. The third kappa shape index (κ3) is 4.62. The maximum absolute atomic E-state index is 12.9. The number of fused-ring (bicyclic) bond motifs is 1. The lowest BCUT2D eigenvalue weighted by molar-refractivity contribution is 0.428. The van der Waals surface area contributed by atoms with Crippen LogP contribution in [0.15, 0.2) is 63.0 Å². The molecule has 2 atom stereocenters. The van der Waals surface area contributed by atoms with Gasteiger partial charge in [0.1, 0.15) is 0 Å². The van der Waals surface area contributed by atoms with Gasteiger partial charge in [0.05, 0.1) is 15.8 Å². The lowest BCUT2D eigenvalue weighted by Gasteiger charge is -2.18. The molecule has 4 N–H and O–H groups in total. The first-order valence-corrected chi connectivity index (χ1v) is 11.6. The molecule has 1 saturated heterocycles. The third-order valence-corrected chi connectivity index (χ3v) is 7.48. The summed E-state index contributed by atoms with van der Waals surface area (Å²) in [6.07, 6.45) is 2.46. The molecule has 9 nitrogen and oxygen atoms in total. The number of nitrogens with one attached hydrogen (secondary N) is 4. The Kier molecular flexibility index (Phi) is 6.05. The van der Waals surface area contributed by atoms with Gasteiger partial charge in [-0.1, -0.05) is 30.3 Å². The summed E-state index contributed by atoms with van der Waals surface area (Å²) >= 11 is 0. The molecule has 0 radical (unpaired) electrons. The van der Waals surface area contributed by atoms with Crippen molar-refractivity contribution in [3.63, 3.8) is 0 Å². The van der Waals surface area contributed by atoms with Gasteiger partial charge < -0.3 is 4.98 Å². The van der Waals surface area contributed by atoms with Crippen LogP contribution < -0.4 is 22.1 Å². The maximum atomic E-state index is 12.9. The van der Waals surface area contributed by atoms with E-state index in [2.05, 4.69) is 33.0 Å². The molecular formula is C21H25N5O4S. The number of aromatic nitrogens is 2. The fraction of sp³-hybridized carbons (Fsp3) is 0.333. The van der Waals surface area contributed by atoms with E-state index in [4.69, 9.17) is 0 Å². The molecule has 0 spiro atoms. The van der Waals surface area contributed by atoms with Crippen LogP contribution in [0.1, 0.15) is 30.9 Å². The number of rotatable bonds is 7. The van der Waals surface area contributed by atoms with Crippen LogP contribution in [0.3, 0.4) is 0 Å².